The maximum Gasteiger partial charge on any atom is 0.0897 e. The second kappa shape index (κ2) is 7.40. The highest BCUT2D eigenvalue weighted by molar-refractivity contribution is 4.91. The molecule has 2 atom stereocenters. The van der Waals surface area contributed by atoms with Crippen molar-refractivity contribution < 1.29 is 9.84 Å². The number of rotatable bonds is 6. The normalized spacial score (nSPS) is 41.1. The molecule has 122 valence electrons. The first kappa shape index (κ1) is 15.7. The van der Waals surface area contributed by atoms with E-state index < -0.39 is 0 Å². The van der Waals surface area contributed by atoms with Gasteiger partial charge in [0.1, 0.15) is 0 Å². The number of aliphatic hydroxyl groups excluding tert-OH is 1. The molecule has 2 N–H and O–H groups in total. The van der Waals surface area contributed by atoms with Crippen LogP contribution < -0.4 is 5.32 Å². The van der Waals surface area contributed by atoms with Gasteiger partial charge in [0.2, 0.25) is 0 Å². The third kappa shape index (κ3) is 4.41. The molecule has 0 aromatic carbocycles. The fraction of sp³-hybridized carbons (Fsp3) is 1.00. The van der Waals surface area contributed by atoms with Crippen LogP contribution in [0, 0.1) is 11.8 Å². The summed E-state index contributed by atoms with van der Waals surface area (Å²) in [5, 5.41) is 13.7. The van der Waals surface area contributed by atoms with E-state index in [1.54, 1.807) is 0 Å². The molecule has 4 nitrogen and oxygen atoms in total. The van der Waals surface area contributed by atoms with E-state index in [0.717, 1.165) is 11.8 Å². The van der Waals surface area contributed by atoms with E-state index in [1.165, 1.54) is 58.2 Å². The Bertz CT molecular complexity index is 310. The molecule has 0 amide bonds. The number of piperidine rings is 3. The van der Waals surface area contributed by atoms with Crippen molar-refractivity contribution in [3.63, 3.8) is 0 Å². The van der Waals surface area contributed by atoms with Gasteiger partial charge in [0.05, 0.1) is 18.8 Å². The molecule has 3 heterocycles. The summed E-state index contributed by atoms with van der Waals surface area (Å²) in [7, 11) is 0. The SMILES string of the molecule is CC1CCC(OCC(O)CNC2CN3CCC2CC3)CC1. The van der Waals surface area contributed by atoms with Gasteiger partial charge in [-0.15, -0.1) is 0 Å². The predicted octanol–water partition coefficient (Wildman–Crippen LogP) is 1.63. The number of hydrogen-bond donors (Lipinski definition) is 2. The Balaban J connectivity index is 1.30. The van der Waals surface area contributed by atoms with Crippen molar-refractivity contribution in [2.24, 2.45) is 11.8 Å². The van der Waals surface area contributed by atoms with Crippen molar-refractivity contribution in [2.75, 3.05) is 32.8 Å². The summed E-state index contributed by atoms with van der Waals surface area (Å²) in [4.78, 5) is 2.55. The average molecular weight is 296 g/mol. The topological polar surface area (TPSA) is 44.7 Å². The lowest BCUT2D eigenvalue weighted by Gasteiger charge is -2.45. The largest absolute Gasteiger partial charge is 0.389 e. The minimum atomic E-state index is -0.361. The van der Waals surface area contributed by atoms with E-state index in [-0.39, 0.29) is 6.10 Å². The van der Waals surface area contributed by atoms with Crippen LogP contribution in [0.25, 0.3) is 0 Å². The molecule has 2 bridgehead atoms. The Labute approximate surface area is 129 Å². The highest BCUT2D eigenvalue weighted by Crippen LogP contribution is 2.27. The van der Waals surface area contributed by atoms with Crippen LogP contribution in [0.5, 0.6) is 0 Å². The van der Waals surface area contributed by atoms with Crippen molar-refractivity contribution in [1.82, 2.24) is 10.2 Å². The van der Waals surface area contributed by atoms with Gasteiger partial charge in [-0.3, -0.25) is 0 Å². The van der Waals surface area contributed by atoms with Crippen LogP contribution in [0.15, 0.2) is 0 Å². The number of hydrogen-bond acceptors (Lipinski definition) is 4. The van der Waals surface area contributed by atoms with E-state index in [4.69, 9.17) is 4.74 Å². The number of aliphatic hydroxyl groups is 1. The first-order valence-corrected chi connectivity index (χ1v) is 8.96. The first-order chi connectivity index (χ1) is 10.2. The predicted molar refractivity (Wildman–Crippen MR) is 84.3 cm³/mol. The first-order valence-electron chi connectivity index (χ1n) is 8.96. The summed E-state index contributed by atoms with van der Waals surface area (Å²) in [6, 6.07) is 0.581. The molecular formula is C17H32N2O2. The Hall–Kier alpha value is -0.160. The summed E-state index contributed by atoms with van der Waals surface area (Å²) in [5.41, 5.74) is 0. The van der Waals surface area contributed by atoms with Gasteiger partial charge in [-0.2, -0.15) is 0 Å². The summed E-state index contributed by atoms with van der Waals surface area (Å²) < 4.78 is 5.89. The van der Waals surface area contributed by atoms with Gasteiger partial charge in [0.25, 0.3) is 0 Å². The molecule has 21 heavy (non-hydrogen) atoms. The van der Waals surface area contributed by atoms with Crippen LogP contribution >= 0.6 is 0 Å². The summed E-state index contributed by atoms with van der Waals surface area (Å²) >= 11 is 0. The minimum absolute atomic E-state index is 0.361. The van der Waals surface area contributed by atoms with Gasteiger partial charge < -0.3 is 20.1 Å². The molecule has 4 heteroatoms. The van der Waals surface area contributed by atoms with Gasteiger partial charge in [-0.05, 0) is 63.5 Å². The van der Waals surface area contributed by atoms with Gasteiger partial charge in [0.15, 0.2) is 0 Å². The van der Waals surface area contributed by atoms with Crippen LogP contribution in [0.4, 0.5) is 0 Å². The molecule has 1 aliphatic carbocycles. The third-order valence-corrected chi connectivity index (χ3v) is 5.76. The van der Waals surface area contributed by atoms with Crippen molar-refractivity contribution in [3.8, 4) is 0 Å². The van der Waals surface area contributed by atoms with E-state index >= 15 is 0 Å². The monoisotopic (exact) mass is 296 g/mol. The zero-order valence-electron chi connectivity index (χ0n) is 13.5. The second-order valence-corrected chi connectivity index (χ2v) is 7.52. The van der Waals surface area contributed by atoms with Crippen LogP contribution in [0.3, 0.4) is 0 Å². The van der Waals surface area contributed by atoms with Crippen LogP contribution in [-0.4, -0.2) is 61.0 Å². The van der Waals surface area contributed by atoms with Crippen molar-refractivity contribution in [3.05, 3.63) is 0 Å². The molecular weight excluding hydrogens is 264 g/mol. The molecule has 0 spiro atoms. The van der Waals surface area contributed by atoms with Gasteiger partial charge in [-0.1, -0.05) is 6.92 Å². The zero-order valence-corrected chi connectivity index (χ0v) is 13.5. The minimum Gasteiger partial charge on any atom is -0.389 e. The summed E-state index contributed by atoms with van der Waals surface area (Å²) in [6.45, 7) is 7.20. The fourth-order valence-corrected chi connectivity index (χ4v) is 4.19. The number of nitrogens with one attached hydrogen (secondary N) is 1. The number of fused-ring (bicyclic) bond motifs is 3. The third-order valence-electron chi connectivity index (χ3n) is 5.76. The molecule has 1 saturated carbocycles. The van der Waals surface area contributed by atoms with Gasteiger partial charge >= 0.3 is 0 Å². The molecule has 3 aliphatic heterocycles. The van der Waals surface area contributed by atoms with Crippen molar-refractivity contribution >= 4 is 0 Å². The molecule has 3 saturated heterocycles. The quantitative estimate of drug-likeness (QED) is 0.782. The molecule has 2 unspecified atom stereocenters. The molecule has 0 aromatic rings. The Morgan fingerprint density at radius 2 is 1.86 bits per heavy atom. The second-order valence-electron chi connectivity index (χ2n) is 7.52. The molecule has 0 aromatic heterocycles. The van der Waals surface area contributed by atoms with E-state index in [1.807, 2.05) is 0 Å². The molecule has 4 rings (SSSR count). The van der Waals surface area contributed by atoms with E-state index in [2.05, 4.69) is 17.1 Å². The number of ether oxygens (including phenoxy) is 1. The van der Waals surface area contributed by atoms with Gasteiger partial charge in [0, 0.05) is 19.1 Å². The van der Waals surface area contributed by atoms with E-state index in [9.17, 15) is 5.11 Å². The van der Waals surface area contributed by atoms with Crippen LogP contribution in [-0.2, 0) is 4.74 Å². The highest BCUT2D eigenvalue weighted by Gasteiger charge is 2.33. The maximum atomic E-state index is 10.1. The maximum absolute atomic E-state index is 10.1. The fourth-order valence-electron chi connectivity index (χ4n) is 4.19. The lowest BCUT2D eigenvalue weighted by Crippen LogP contribution is -2.57. The highest BCUT2D eigenvalue weighted by atomic mass is 16.5. The summed E-state index contributed by atoms with van der Waals surface area (Å²) in [5.74, 6) is 1.68. The standard InChI is InChI=1S/C17H32N2O2/c1-13-2-4-16(5-3-13)21-12-15(20)10-18-17-11-19-8-6-14(17)7-9-19/h13-18,20H,2-12H2,1H3. The zero-order chi connectivity index (χ0) is 14.7. The smallest absolute Gasteiger partial charge is 0.0897 e. The Morgan fingerprint density at radius 3 is 2.48 bits per heavy atom. The summed E-state index contributed by atoms with van der Waals surface area (Å²) in [6.07, 6.45) is 7.56. The molecule has 4 fully saturated rings. The average Bonchev–Trinajstić information content (AvgIpc) is 2.53. The van der Waals surface area contributed by atoms with Gasteiger partial charge in [-0.25, -0.2) is 0 Å². The Kier molecular flexibility index (Phi) is 5.54. The molecule has 4 aliphatic rings. The Morgan fingerprint density at radius 1 is 1.14 bits per heavy atom. The van der Waals surface area contributed by atoms with Crippen LogP contribution in [0.1, 0.15) is 45.4 Å². The van der Waals surface area contributed by atoms with Crippen molar-refractivity contribution in [2.45, 2.75) is 63.7 Å². The van der Waals surface area contributed by atoms with Crippen LogP contribution in [0.2, 0.25) is 0 Å². The lowest BCUT2D eigenvalue weighted by molar-refractivity contribution is -0.0307. The van der Waals surface area contributed by atoms with E-state index in [0.29, 0.717) is 25.3 Å². The number of nitrogens with zero attached hydrogens (tertiary/aromatic N) is 1. The lowest BCUT2D eigenvalue weighted by atomic mass is 9.84. The van der Waals surface area contributed by atoms with Crippen molar-refractivity contribution in [1.29, 1.82) is 0 Å². The molecule has 0 radical (unpaired) electrons.